The number of hydrazone groups is 1. The van der Waals surface area contributed by atoms with Crippen LogP contribution < -0.4 is 10.2 Å². The van der Waals surface area contributed by atoms with Gasteiger partial charge in [0, 0.05) is 10.0 Å². The van der Waals surface area contributed by atoms with Crippen molar-refractivity contribution in [2.24, 2.45) is 5.10 Å². The lowest BCUT2D eigenvalue weighted by Gasteiger charge is -2.07. The number of aromatic nitrogens is 2. The molecule has 0 radical (unpaired) electrons. The average molecular weight is 438 g/mol. The van der Waals surface area contributed by atoms with Crippen LogP contribution in [0.25, 0.3) is 11.0 Å². The number of fused-ring (bicyclic) bond motifs is 1. The van der Waals surface area contributed by atoms with Crippen LogP contribution in [0.5, 0.6) is 5.75 Å². The molecule has 0 aliphatic heterocycles. The number of aryl methyl sites for hydroxylation is 1. The molecule has 2 N–H and O–H groups in total. The van der Waals surface area contributed by atoms with Gasteiger partial charge in [-0.15, -0.1) is 0 Å². The molecule has 3 rings (SSSR count). The summed E-state index contributed by atoms with van der Waals surface area (Å²) in [5.41, 5.74) is 6.81. The maximum atomic E-state index is 5.38. The molecule has 7 heteroatoms. The number of methoxy groups -OCH3 is 1. The molecule has 0 amide bonds. The van der Waals surface area contributed by atoms with Gasteiger partial charge in [-0.05, 0) is 52.7 Å². The molecule has 118 valence electrons. The second kappa shape index (κ2) is 6.72. The van der Waals surface area contributed by atoms with Crippen LogP contribution in [0.15, 0.2) is 44.4 Å². The number of hydrogen-bond donors (Lipinski definition) is 2. The van der Waals surface area contributed by atoms with Crippen LogP contribution in [0.2, 0.25) is 0 Å². The number of nitrogens with zero attached hydrogens (tertiary/aromatic N) is 2. The third-order valence-electron chi connectivity index (χ3n) is 3.25. The Hall–Kier alpha value is -1.86. The fourth-order valence-corrected chi connectivity index (χ4v) is 3.65. The highest BCUT2D eigenvalue weighted by Crippen LogP contribution is 2.31. The third kappa shape index (κ3) is 3.56. The summed E-state index contributed by atoms with van der Waals surface area (Å²) in [5, 5.41) is 4.23. The molecule has 0 spiro atoms. The lowest BCUT2D eigenvalue weighted by molar-refractivity contribution is 0.411. The van der Waals surface area contributed by atoms with Crippen molar-refractivity contribution < 1.29 is 4.74 Å². The van der Waals surface area contributed by atoms with E-state index < -0.39 is 0 Å². The first-order valence-corrected chi connectivity index (χ1v) is 8.44. The maximum Gasteiger partial charge on any atom is 0.222 e. The summed E-state index contributed by atoms with van der Waals surface area (Å²) in [6.07, 6.45) is 1.69. The summed E-state index contributed by atoms with van der Waals surface area (Å²) in [5.74, 6) is 1.31. The zero-order chi connectivity index (χ0) is 16.4. The molecular formula is C16H14Br2N4O. The Morgan fingerprint density at radius 1 is 1.26 bits per heavy atom. The van der Waals surface area contributed by atoms with E-state index in [1.165, 1.54) is 5.56 Å². The number of H-pyrrole nitrogens is 1. The van der Waals surface area contributed by atoms with E-state index in [-0.39, 0.29) is 0 Å². The first-order valence-electron chi connectivity index (χ1n) is 6.85. The first kappa shape index (κ1) is 16.0. The highest BCUT2D eigenvalue weighted by Gasteiger charge is 2.07. The second-order valence-electron chi connectivity index (χ2n) is 4.99. The van der Waals surface area contributed by atoms with Gasteiger partial charge in [0.15, 0.2) is 0 Å². The van der Waals surface area contributed by atoms with Crippen LogP contribution >= 0.6 is 31.9 Å². The fourth-order valence-electron chi connectivity index (χ4n) is 2.23. The minimum atomic E-state index is 0.592. The first-order chi connectivity index (χ1) is 11.1. The number of imidazole rings is 1. The molecule has 0 saturated carbocycles. The van der Waals surface area contributed by atoms with Gasteiger partial charge in [0.1, 0.15) is 5.75 Å². The predicted molar refractivity (Wildman–Crippen MR) is 100 cm³/mol. The Labute approximate surface area is 150 Å². The summed E-state index contributed by atoms with van der Waals surface area (Å²) < 4.78 is 7.18. The van der Waals surface area contributed by atoms with Gasteiger partial charge in [-0.1, -0.05) is 22.0 Å². The smallest absolute Gasteiger partial charge is 0.222 e. The molecule has 0 unspecified atom stereocenters. The number of benzene rings is 2. The molecule has 0 aliphatic carbocycles. The molecule has 3 aromatic rings. The number of nitrogens with one attached hydrogen (secondary N) is 2. The minimum absolute atomic E-state index is 0.592. The van der Waals surface area contributed by atoms with Crippen molar-refractivity contribution in [2.45, 2.75) is 6.92 Å². The second-order valence-corrected chi connectivity index (χ2v) is 6.76. The fraction of sp³-hybridized carbons (Fsp3) is 0.125. The van der Waals surface area contributed by atoms with Crippen LogP contribution in [0.4, 0.5) is 5.95 Å². The highest BCUT2D eigenvalue weighted by atomic mass is 79.9. The maximum absolute atomic E-state index is 5.38. The molecule has 1 aromatic heterocycles. The van der Waals surface area contributed by atoms with Gasteiger partial charge in [0.05, 0.1) is 28.8 Å². The van der Waals surface area contributed by atoms with Crippen molar-refractivity contribution in [3.63, 3.8) is 0 Å². The lowest BCUT2D eigenvalue weighted by Crippen LogP contribution is -1.96. The summed E-state index contributed by atoms with van der Waals surface area (Å²) >= 11 is 6.93. The van der Waals surface area contributed by atoms with Crippen molar-refractivity contribution in [1.29, 1.82) is 0 Å². The lowest BCUT2D eigenvalue weighted by atomic mass is 10.2. The van der Waals surface area contributed by atoms with E-state index in [0.717, 1.165) is 31.3 Å². The van der Waals surface area contributed by atoms with Crippen LogP contribution in [-0.2, 0) is 0 Å². The zero-order valence-corrected chi connectivity index (χ0v) is 15.7. The summed E-state index contributed by atoms with van der Waals surface area (Å²) in [6.45, 7) is 2.04. The van der Waals surface area contributed by atoms with E-state index in [1.54, 1.807) is 13.3 Å². The van der Waals surface area contributed by atoms with Crippen molar-refractivity contribution >= 4 is 55.1 Å². The summed E-state index contributed by atoms with van der Waals surface area (Å²) in [4.78, 5) is 7.62. The molecule has 5 nitrogen and oxygen atoms in total. The molecule has 0 fully saturated rings. The monoisotopic (exact) mass is 436 g/mol. The predicted octanol–water partition coefficient (Wildman–Crippen LogP) is 4.85. The third-order valence-corrected chi connectivity index (χ3v) is 4.30. The van der Waals surface area contributed by atoms with Gasteiger partial charge in [-0.3, -0.25) is 0 Å². The van der Waals surface area contributed by atoms with Crippen molar-refractivity contribution in [3.8, 4) is 5.75 Å². The standard InChI is InChI=1S/C16H14Br2N4O/c1-9-3-4-13-14(5-9)21-16(20-13)22-19-8-10-6-11(17)7-12(18)15(10)23-2/h3-8H,1-2H3,(H2,20,21,22)/b19-8-. The number of hydrogen-bond acceptors (Lipinski definition) is 4. The minimum Gasteiger partial charge on any atom is -0.495 e. The molecule has 2 aromatic carbocycles. The highest BCUT2D eigenvalue weighted by molar-refractivity contribution is 9.11. The van der Waals surface area contributed by atoms with Gasteiger partial charge in [0.2, 0.25) is 5.95 Å². The van der Waals surface area contributed by atoms with E-state index in [0.29, 0.717) is 5.95 Å². The summed E-state index contributed by atoms with van der Waals surface area (Å²) in [6, 6.07) is 9.90. The van der Waals surface area contributed by atoms with E-state index in [2.05, 4.69) is 52.4 Å². The van der Waals surface area contributed by atoms with Gasteiger partial charge >= 0.3 is 0 Å². The molecule has 0 bridgehead atoms. The quantitative estimate of drug-likeness (QED) is 0.453. The van der Waals surface area contributed by atoms with E-state index in [4.69, 9.17) is 4.74 Å². The van der Waals surface area contributed by atoms with Crippen LogP contribution in [0.3, 0.4) is 0 Å². The van der Waals surface area contributed by atoms with Crippen LogP contribution in [0.1, 0.15) is 11.1 Å². The normalized spacial score (nSPS) is 11.3. The SMILES string of the molecule is COc1c(Br)cc(Br)cc1/C=N\Nc1nc2ccc(C)cc2[nH]1. The Morgan fingerprint density at radius 3 is 2.87 bits per heavy atom. The molecule has 1 heterocycles. The Morgan fingerprint density at radius 2 is 2.09 bits per heavy atom. The van der Waals surface area contributed by atoms with Crippen molar-refractivity contribution in [1.82, 2.24) is 9.97 Å². The number of ether oxygens (including phenoxy) is 1. The van der Waals surface area contributed by atoms with Crippen molar-refractivity contribution in [3.05, 3.63) is 50.4 Å². The summed E-state index contributed by atoms with van der Waals surface area (Å²) in [7, 11) is 1.63. The molecule has 23 heavy (non-hydrogen) atoms. The van der Waals surface area contributed by atoms with Gasteiger partial charge in [0.25, 0.3) is 0 Å². The van der Waals surface area contributed by atoms with Gasteiger partial charge < -0.3 is 9.72 Å². The van der Waals surface area contributed by atoms with E-state index in [1.807, 2.05) is 37.3 Å². The number of halogens is 2. The molecule has 0 aliphatic rings. The van der Waals surface area contributed by atoms with E-state index in [9.17, 15) is 0 Å². The largest absolute Gasteiger partial charge is 0.495 e. The Balaban J connectivity index is 1.83. The van der Waals surface area contributed by atoms with Crippen molar-refractivity contribution in [2.75, 3.05) is 12.5 Å². The Kier molecular flexibility index (Phi) is 4.68. The van der Waals surface area contributed by atoms with Crippen LogP contribution in [0, 0.1) is 6.92 Å². The van der Waals surface area contributed by atoms with Gasteiger partial charge in [-0.25, -0.2) is 10.4 Å². The van der Waals surface area contributed by atoms with E-state index >= 15 is 0 Å². The Bertz CT molecular complexity index is 889. The van der Waals surface area contributed by atoms with Crippen LogP contribution in [-0.4, -0.2) is 23.3 Å². The molecule has 0 saturated heterocycles. The number of rotatable bonds is 4. The number of anilines is 1. The van der Waals surface area contributed by atoms with Gasteiger partial charge in [-0.2, -0.15) is 5.10 Å². The zero-order valence-electron chi connectivity index (χ0n) is 12.5. The molecular weight excluding hydrogens is 424 g/mol. The topological polar surface area (TPSA) is 62.3 Å². The molecule has 0 atom stereocenters. The average Bonchev–Trinajstić information content (AvgIpc) is 2.88. The number of aromatic amines is 1.